The summed E-state index contributed by atoms with van der Waals surface area (Å²) in [5.74, 6) is -2.18. The number of hydrogen-bond donors (Lipinski definition) is 3. The first-order chi connectivity index (χ1) is 16.7. The Morgan fingerprint density at radius 2 is 1.20 bits per heavy atom. The first-order valence-electron chi connectivity index (χ1n) is 12.3. The maximum atomic E-state index is 12.6. The van der Waals surface area contributed by atoms with Gasteiger partial charge in [0.1, 0.15) is 12.1 Å². The molecule has 12 heteroatoms. The zero-order chi connectivity index (χ0) is 26.2. The molecule has 1 aliphatic rings. The molecule has 0 spiro atoms. The van der Waals surface area contributed by atoms with Crippen LogP contribution < -0.4 is 5.32 Å². The molecule has 1 atom stereocenters. The van der Waals surface area contributed by atoms with Gasteiger partial charge in [-0.05, 0) is 13.0 Å². The molecule has 1 unspecified atom stereocenters. The van der Waals surface area contributed by atoms with Crippen LogP contribution in [-0.2, 0) is 24.0 Å². The standard InChI is InChI=1S/C23H41N5O7/c1-3-20(30)6-5-19(18-29)24-21(31)15-26-9-7-25(4-2)8-10-27(16-22(32)33)13-14-28(12-11-26)17-23(34)35/h18-19H,3-17H2,1-2H3,(H,24,31)(H,32,33)(H,34,35). The van der Waals surface area contributed by atoms with Crippen LogP contribution in [0.4, 0.5) is 0 Å². The molecule has 0 aromatic rings. The van der Waals surface area contributed by atoms with Gasteiger partial charge in [-0.25, -0.2) is 0 Å². The highest BCUT2D eigenvalue weighted by Crippen LogP contribution is 2.03. The highest BCUT2D eigenvalue weighted by atomic mass is 16.4. The van der Waals surface area contributed by atoms with E-state index in [1.54, 1.807) is 11.8 Å². The summed E-state index contributed by atoms with van der Waals surface area (Å²) in [7, 11) is 0. The van der Waals surface area contributed by atoms with E-state index in [-0.39, 0.29) is 44.2 Å². The van der Waals surface area contributed by atoms with Gasteiger partial charge in [-0.3, -0.25) is 33.9 Å². The lowest BCUT2D eigenvalue weighted by atomic mass is 10.1. The van der Waals surface area contributed by atoms with Crippen LogP contribution in [0.25, 0.3) is 0 Å². The molecule has 1 rings (SSSR count). The molecule has 1 saturated heterocycles. The number of nitrogens with one attached hydrogen (secondary N) is 1. The number of rotatable bonds is 13. The number of nitrogens with zero attached hydrogens (tertiary/aromatic N) is 4. The highest BCUT2D eigenvalue weighted by Gasteiger charge is 2.21. The molecule has 35 heavy (non-hydrogen) atoms. The van der Waals surface area contributed by atoms with E-state index in [1.807, 2.05) is 16.7 Å². The molecular formula is C23H41N5O7. The zero-order valence-electron chi connectivity index (χ0n) is 21.0. The van der Waals surface area contributed by atoms with Gasteiger partial charge in [-0.1, -0.05) is 13.8 Å². The normalized spacial score (nSPS) is 18.7. The fourth-order valence-corrected chi connectivity index (χ4v) is 3.87. The lowest BCUT2D eigenvalue weighted by Crippen LogP contribution is -2.50. The smallest absolute Gasteiger partial charge is 0.317 e. The van der Waals surface area contributed by atoms with Crippen LogP contribution in [0.15, 0.2) is 0 Å². The van der Waals surface area contributed by atoms with Crippen molar-refractivity contribution in [3.63, 3.8) is 0 Å². The van der Waals surface area contributed by atoms with E-state index in [2.05, 4.69) is 10.2 Å². The highest BCUT2D eigenvalue weighted by molar-refractivity contribution is 5.82. The number of likely N-dealkylation sites (N-methyl/N-ethyl adjacent to an activating group) is 1. The van der Waals surface area contributed by atoms with Gasteiger partial charge in [0.05, 0.1) is 25.7 Å². The van der Waals surface area contributed by atoms with Gasteiger partial charge in [0.15, 0.2) is 0 Å². The predicted molar refractivity (Wildman–Crippen MR) is 129 cm³/mol. The zero-order valence-corrected chi connectivity index (χ0v) is 21.0. The topological polar surface area (TPSA) is 151 Å². The first-order valence-corrected chi connectivity index (χ1v) is 12.3. The third-order valence-corrected chi connectivity index (χ3v) is 6.10. The van der Waals surface area contributed by atoms with Crippen LogP contribution in [-0.4, -0.2) is 144 Å². The summed E-state index contributed by atoms with van der Waals surface area (Å²) >= 11 is 0. The molecular weight excluding hydrogens is 458 g/mol. The second-order valence-corrected chi connectivity index (χ2v) is 8.79. The summed E-state index contributed by atoms with van der Waals surface area (Å²) in [5.41, 5.74) is 0. The van der Waals surface area contributed by atoms with Crippen LogP contribution in [0.2, 0.25) is 0 Å². The van der Waals surface area contributed by atoms with Gasteiger partial charge in [-0.15, -0.1) is 0 Å². The van der Waals surface area contributed by atoms with Crippen LogP contribution in [0.5, 0.6) is 0 Å². The number of hydrogen-bond acceptors (Lipinski definition) is 9. The van der Waals surface area contributed by atoms with Crippen molar-refractivity contribution in [1.29, 1.82) is 0 Å². The first kappa shape index (κ1) is 30.6. The largest absolute Gasteiger partial charge is 0.480 e. The Balaban J connectivity index is 2.83. The van der Waals surface area contributed by atoms with Crippen molar-refractivity contribution in [3.8, 4) is 0 Å². The van der Waals surface area contributed by atoms with Crippen molar-refractivity contribution < 1.29 is 34.2 Å². The summed E-state index contributed by atoms with van der Waals surface area (Å²) < 4.78 is 0. The van der Waals surface area contributed by atoms with Crippen LogP contribution in [0.3, 0.4) is 0 Å². The van der Waals surface area contributed by atoms with Crippen LogP contribution in [0.1, 0.15) is 33.1 Å². The lowest BCUT2D eigenvalue weighted by molar-refractivity contribution is -0.140. The Hall–Kier alpha value is -2.41. The quantitative estimate of drug-likeness (QED) is 0.263. The van der Waals surface area contributed by atoms with E-state index >= 15 is 0 Å². The maximum Gasteiger partial charge on any atom is 0.317 e. The van der Waals surface area contributed by atoms with E-state index in [1.165, 1.54) is 0 Å². The van der Waals surface area contributed by atoms with Gasteiger partial charge in [-0.2, -0.15) is 0 Å². The monoisotopic (exact) mass is 499 g/mol. The van der Waals surface area contributed by atoms with E-state index in [0.717, 1.165) is 6.54 Å². The Morgan fingerprint density at radius 1 is 0.771 bits per heavy atom. The Kier molecular flexibility index (Phi) is 15.0. The second kappa shape index (κ2) is 17.1. The second-order valence-electron chi connectivity index (χ2n) is 8.79. The number of Topliss-reactive ketones (excluding diaryl/α,β-unsaturated/α-hetero) is 1. The molecule has 0 radical (unpaired) electrons. The van der Waals surface area contributed by atoms with Gasteiger partial charge >= 0.3 is 11.9 Å². The molecule has 0 saturated carbocycles. The average Bonchev–Trinajstić information content (AvgIpc) is 2.80. The molecule has 3 N–H and O–H groups in total. The molecule has 1 aliphatic heterocycles. The number of carboxylic acid groups (broad SMARTS) is 2. The summed E-state index contributed by atoms with van der Waals surface area (Å²) in [6, 6.07) is -0.721. The van der Waals surface area contributed by atoms with Crippen molar-refractivity contribution in [2.24, 2.45) is 0 Å². The van der Waals surface area contributed by atoms with Crippen molar-refractivity contribution >= 4 is 29.9 Å². The third kappa shape index (κ3) is 13.9. The van der Waals surface area contributed by atoms with E-state index in [4.69, 9.17) is 0 Å². The van der Waals surface area contributed by atoms with Gasteiger partial charge < -0.3 is 25.2 Å². The van der Waals surface area contributed by atoms with E-state index in [9.17, 15) is 34.2 Å². The van der Waals surface area contributed by atoms with E-state index in [0.29, 0.717) is 65.1 Å². The predicted octanol–water partition coefficient (Wildman–Crippen LogP) is -1.16. The summed E-state index contributed by atoms with van der Waals surface area (Å²) in [6.07, 6.45) is 1.54. The van der Waals surface area contributed by atoms with Crippen LogP contribution in [0, 0.1) is 0 Å². The molecule has 1 fully saturated rings. The van der Waals surface area contributed by atoms with Crippen molar-refractivity contribution in [2.75, 3.05) is 78.5 Å². The minimum atomic E-state index is -0.973. The minimum Gasteiger partial charge on any atom is -0.480 e. The number of ketones is 1. The van der Waals surface area contributed by atoms with Crippen molar-refractivity contribution in [2.45, 2.75) is 39.2 Å². The molecule has 0 aromatic carbocycles. The van der Waals surface area contributed by atoms with Crippen molar-refractivity contribution in [3.05, 3.63) is 0 Å². The summed E-state index contributed by atoms with van der Waals surface area (Å²) in [5, 5.41) is 21.2. The number of amides is 1. The molecule has 200 valence electrons. The van der Waals surface area contributed by atoms with Crippen molar-refractivity contribution in [1.82, 2.24) is 24.9 Å². The molecule has 0 bridgehead atoms. The average molecular weight is 500 g/mol. The van der Waals surface area contributed by atoms with Crippen LogP contribution >= 0.6 is 0 Å². The number of aliphatic carboxylic acids is 2. The molecule has 0 aliphatic carbocycles. The maximum absolute atomic E-state index is 12.6. The lowest BCUT2D eigenvalue weighted by Gasteiger charge is -2.33. The summed E-state index contributed by atoms with van der Waals surface area (Å²) in [4.78, 5) is 65.8. The number of carboxylic acids is 2. The fourth-order valence-electron chi connectivity index (χ4n) is 3.87. The molecule has 1 amide bonds. The molecule has 0 aromatic heterocycles. The number of aldehydes is 1. The Labute approximate surface area is 207 Å². The van der Waals surface area contributed by atoms with Gasteiger partial charge in [0.2, 0.25) is 5.91 Å². The molecule has 1 heterocycles. The third-order valence-electron chi connectivity index (χ3n) is 6.10. The Morgan fingerprint density at radius 3 is 1.57 bits per heavy atom. The SMILES string of the molecule is CCC(=O)CCC(C=O)NC(=O)CN1CCN(CC)CCN(CC(=O)O)CCN(CC(=O)O)CC1. The fraction of sp³-hybridized carbons (Fsp3) is 0.783. The van der Waals surface area contributed by atoms with Gasteiger partial charge in [0.25, 0.3) is 0 Å². The number of carbonyl (C=O) groups is 5. The summed E-state index contributed by atoms with van der Waals surface area (Å²) in [6.45, 7) is 8.38. The number of carbonyl (C=O) groups excluding carboxylic acids is 3. The minimum absolute atomic E-state index is 0.0364. The Bertz CT molecular complexity index is 706. The van der Waals surface area contributed by atoms with E-state index < -0.39 is 18.0 Å². The molecule has 12 nitrogen and oxygen atoms in total. The van der Waals surface area contributed by atoms with Gasteiger partial charge in [0, 0.05) is 65.2 Å².